The van der Waals surface area contributed by atoms with Crippen molar-refractivity contribution in [2.24, 2.45) is 16.3 Å². The van der Waals surface area contributed by atoms with E-state index in [1.807, 2.05) is 13.8 Å². The monoisotopic (exact) mass is 257 g/mol. The number of oxime groups is 1. The Bertz CT molecular complexity index is 305. The summed E-state index contributed by atoms with van der Waals surface area (Å²) in [5.74, 6) is 0.297. The fraction of sp³-hybridized carbons (Fsp3) is 0.923. The number of rotatable bonds is 6. The molecule has 0 radical (unpaired) electrons. The van der Waals surface area contributed by atoms with E-state index in [1.54, 1.807) is 0 Å². The summed E-state index contributed by atoms with van der Waals surface area (Å²) >= 11 is 0. The zero-order chi connectivity index (χ0) is 13.8. The molecule has 0 aromatic carbocycles. The van der Waals surface area contributed by atoms with Crippen LogP contribution in [0.3, 0.4) is 0 Å². The molecule has 5 nitrogen and oxygen atoms in total. The molecule has 0 amide bonds. The fourth-order valence-electron chi connectivity index (χ4n) is 2.23. The van der Waals surface area contributed by atoms with Gasteiger partial charge in [0.1, 0.15) is 5.84 Å². The normalized spacial score (nSPS) is 29.8. The van der Waals surface area contributed by atoms with Crippen LogP contribution in [0.5, 0.6) is 0 Å². The number of nitrogens with zero attached hydrogens (tertiary/aromatic N) is 1. The topological polar surface area (TPSA) is 79.9 Å². The smallest absolute Gasteiger partial charge is 0.144 e. The van der Waals surface area contributed by atoms with Crippen molar-refractivity contribution in [3.63, 3.8) is 0 Å². The maximum atomic E-state index is 8.71. The highest BCUT2D eigenvalue weighted by Gasteiger charge is 2.36. The third-order valence-electron chi connectivity index (χ3n) is 4.20. The van der Waals surface area contributed by atoms with Crippen molar-refractivity contribution in [1.29, 1.82) is 0 Å². The molecule has 0 aromatic rings. The van der Waals surface area contributed by atoms with E-state index in [0.29, 0.717) is 5.84 Å². The van der Waals surface area contributed by atoms with Crippen molar-refractivity contribution in [2.45, 2.75) is 58.6 Å². The number of nitrogens with two attached hydrogens (primary N) is 1. The molecule has 1 saturated heterocycles. The molecular weight excluding hydrogens is 230 g/mol. The molecule has 1 fully saturated rings. The van der Waals surface area contributed by atoms with Gasteiger partial charge in [-0.1, -0.05) is 19.0 Å². The molecule has 18 heavy (non-hydrogen) atoms. The molecule has 0 aromatic heterocycles. The largest absolute Gasteiger partial charge is 0.409 e. The number of hydrogen-bond donors (Lipinski definition) is 3. The van der Waals surface area contributed by atoms with E-state index in [1.165, 1.54) is 0 Å². The summed E-state index contributed by atoms with van der Waals surface area (Å²) < 4.78 is 5.59. The number of ether oxygens (including phenoxy) is 1. The van der Waals surface area contributed by atoms with E-state index in [9.17, 15) is 0 Å². The average Bonchev–Trinajstić information content (AvgIpc) is 2.64. The van der Waals surface area contributed by atoms with E-state index in [4.69, 9.17) is 15.7 Å². The van der Waals surface area contributed by atoms with E-state index in [-0.39, 0.29) is 17.1 Å². The van der Waals surface area contributed by atoms with Crippen LogP contribution in [0.2, 0.25) is 0 Å². The fourth-order valence-corrected chi connectivity index (χ4v) is 2.23. The van der Waals surface area contributed by atoms with Crippen LogP contribution in [0.15, 0.2) is 5.16 Å². The van der Waals surface area contributed by atoms with E-state index < -0.39 is 0 Å². The van der Waals surface area contributed by atoms with Crippen molar-refractivity contribution < 1.29 is 9.94 Å². The highest BCUT2D eigenvalue weighted by molar-refractivity contribution is 5.85. The Hall–Kier alpha value is -0.810. The zero-order valence-electron chi connectivity index (χ0n) is 12.0. The van der Waals surface area contributed by atoms with Crippen molar-refractivity contribution in [1.82, 2.24) is 5.32 Å². The Morgan fingerprint density at radius 3 is 2.78 bits per heavy atom. The lowest BCUT2D eigenvalue weighted by Gasteiger charge is -2.30. The Morgan fingerprint density at radius 2 is 2.28 bits per heavy atom. The van der Waals surface area contributed by atoms with Gasteiger partial charge in [-0.05, 0) is 39.7 Å². The SMILES string of the molecule is CC1OCCC1(C)NCCCC(C)(C)C(N)=NO. The molecular formula is C13H27N3O2. The van der Waals surface area contributed by atoms with E-state index in [2.05, 4.69) is 24.3 Å². The highest BCUT2D eigenvalue weighted by Crippen LogP contribution is 2.26. The molecule has 1 aliphatic rings. The van der Waals surface area contributed by atoms with Crippen LogP contribution in [-0.2, 0) is 4.74 Å². The Kier molecular flexibility index (Phi) is 4.99. The predicted octanol–water partition coefficient (Wildman–Crippen LogP) is 1.70. The van der Waals surface area contributed by atoms with Gasteiger partial charge in [-0.15, -0.1) is 0 Å². The predicted molar refractivity (Wildman–Crippen MR) is 72.9 cm³/mol. The highest BCUT2D eigenvalue weighted by atomic mass is 16.5. The van der Waals surface area contributed by atoms with Gasteiger partial charge in [-0.3, -0.25) is 0 Å². The Balaban J connectivity index is 2.31. The minimum Gasteiger partial charge on any atom is -0.409 e. The first-order valence-corrected chi connectivity index (χ1v) is 6.66. The molecule has 1 aliphatic heterocycles. The maximum absolute atomic E-state index is 8.71. The van der Waals surface area contributed by atoms with E-state index >= 15 is 0 Å². The second kappa shape index (κ2) is 5.89. The lowest BCUT2D eigenvalue weighted by Crippen LogP contribution is -2.48. The molecule has 2 atom stereocenters. The molecule has 0 spiro atoms. The molecule has 4 N–H and O–H groups in total. The van der Waals surface area contributed by atoms with Gasteiger partial charge in [-0.25, -0.2) is 0 Å². The molecule has 0 saturated carbocycles. The van der Waals surface area contributed by atoms with Gasteiger partial charge in [0.05, 0.1) is 6.10 Å². The van der Waals surface area contributed by atoms with Gasteiger partial charge in [0.25, 0.3) is 0 Å². The first-order valence-electron chi connectivity index (χ1n) is 6.66. The minimum absolute atomic E-state index is 0.0841. The third kappa shape index (κ3) is 3.59. The van der Waals surface area contributed by atoms with Crippen molar-refractivity contribution in [3.05, 3.63) is 0 Å². The van der Waals surface area contributed by atoms with Gasteiger partial charge in [0.15, 0.2) is 0 Å². The van der Waals surface area contributed by atoms with Crippen LogP contribution in [-0.4, -0.2) is 35.8 Å². The number of hydrogen-bond acceptors (Lipinski definition) is 4. The summed E-state index contributed by atoms with van der Waals surface area (Å²) in [5.41, 5.74) is 5.49. The first-order chi connectivity index (χ1) is 8.32. The summed E-state index contributed by atoms with van der Waals surface area (Å²) in [5, 5.41) is 15.4. The molecule has 0 bridgehead atoms. The van der Waals surface area contributed by atoms with Gasteiger partial charge in [-0.2, -0.15) is 0 Å². The lowest BCUT2D eigenvalue weighted by atomic mass is 9.86. The van der Waals surface area contributed by atoms with Crippen molar-refractivity contribution in [2.75, 3.05) is 13.2 Å². The summed E-state index contributed by atoms with van der Waals surface area (Å²) in [6.45, 7) is 10.1. The van der Waals surface area contributed by atoms with Crippen molar-refractivity contribution in [3.8, 4) is 0 Å². The average molecular weight is 257 g/mol. The molecule has 2 unspecified atom stereocenters. The van der Waals surface area contributed by atoms with Crippen LogP contribution in [0.25, 0.3) is 0 Å². The summed E-state index contributed by atoms with van der Waals surface area (Å²) in [6, 6.07) is 0. The zero-order valence-corrected chi connectivity index (χ0v) is 12.0. The quantitative estimate of drug-likeness (QED) is 0.222. The van der Waals surface area contributed by atoms with Gasteiger partial charge >= 0.3 is 0 Å². The number of nitrogens with one attached hydrogen (secondary N) is 1. The molecule has 106 valence electrons. The molecule has 1 heterocycles. The van der Waals surface area contributed by atoms with Gasteiger partial charge in [0.2, 0.25) is 0 Å². The first kappa shape index (κ1) is 15.2. The molecule has 1 rings (SSSR count). The molecule has 0 aliphatic carbocycles. The van der Waals surface area contributed by atoms with E-state index in [0.717, 1.165) is 32.4 Å². The van der Waals surface area contributed by atoms with Crippen LogP contribution < -0.4 is 11.1 Å². The van der Waals surface area contributed by atoms with Gasteiger partial charge in [0, 0.05) is 17.6 Å². The van der Waals surface area contributed by atoms with Crippen LogP contribution in [0.1, 0.15) is 47.0 Å². The van der Waals surface area contributed by atoms with Crippen molar-refractivity contribution >= 4 is 5.84 Å². The summed E-state index contributed by atoms with van der Waals surface area (Å²) in [6.07, 6.45) is 3.19. The summed E-state index contributed by atoms with van der Waals surface area (Å²) in [4.78, 5) is 0. The standard InChI is InChI=1S/C13H27N3O2/c1-10-13(4,7-9-18-10)15-8-5-6-12(2,3)11(14)16-17/h10,15,17H,5-9H2,1-4H3,(H2,14,16). The third-order valence-corrected chi connectivity index (χ3v) is 4.20. The maximum Gasteiger partial charge on any atom is 0.144 e. The van der Waals surface area contributed by atoms with Crippen LogP contribution in [0.4, 0.5) is 0 Å². The van der Waals surface area contributed by atoms with Crippen LogP contribution in [0, 0.1) is 5.41 Å². The van der Waals surface area contributed by atoms with Gasteiger partial charge < -0.3 is 21.0 Å². The molecule has 5 heteroatoms. The second-order valence-electron chi connectivity index (χ2n) is 6.08. The number of amidine groups is 1. The Labute approximate surface area is 110 Å². The summed E-state index contributed by atoms with van der Waals surface area (Å²) in [7, 11) is 0. The second-order valence-corrected chi connectivity index (χ2v) is 6.08. The van der Waals surface area contributed by atoms with Crippen LogP contribution >= 0.6 is 0 Å². The Morgan fingerprint density at radius 1 is 1.61 bits per heavy atom. The minimum atomic E-state index is -0.255. The lowest BCUT2D eigenvalue weighted by molar-refractivity contribution is 0.0885.